The molecule has 1 aliphatic heterocycles. The van der Waals surface area contributed by atoms with Gasteiger partial charge < -0.3 is 19.3 Å². The van der Waals surface area contributed by atoms with Crippen LogP contribution in [0.4, 0.5) is 13.6 Å². The molecule has 0 aromatic heterocycles. The van der Waals surface area contributed by atoms with Crippen molar-refractivity contribution in [2.24, 2.45) is 0 Å². The van der Waals surface area contributed by atoms with Crippen LogP contribution in [0.25, 0.3) is 0 Å². The van der Waals surface area contributed by atoms with Crippen molar-refractivity contribution in [1.82, 2.24) is 9.80 Å². The zero-order chi connectivity index (χ0) is 23.3. The second-order valence-electron chi connectivity index (χ2n) is 8.38. The first kappa shape index (κ1) is 24.3. The summed E-state index contributed by atoms with van der Waals surface area (Å²) in [6.45, 7) is 5.30. The molecule has 0 bridgehead atoms. The minimum atomic E-state index is -0.776. The summed E-state index contributed by atoms with van der Waals surface area (Å²) in [6.07, 6.45) is 0.860. The topological polar surface area (TPSA) is 42.0 Å². The van der Waals surface area contributed by atoms with Crippen molar-refractivity contribution in [3.05, 3.63) is 64.2 Å². The van der Waals surface area contributed by atoms with E-state index in [1.165, 1.54) is 4.90 Å². The number of likely N-dealkylation sites (tertiary alicyclic amines) is 1. The summed E-state index contributed by atoms with van der Waals surface area (Å²) in [6, 6.07) is 9.22. The number of carbonyl (C=O) groups excluding carboxylic acids is 1. The minimum absolute atomic E-state index is 0.0259. The van der Waals surface area contributed by atoms with E-state index in [0.717, 1.165) is 36.5 Å². The van der Waals surface area contributed by atoms with Crippen LogP contribution in [-0.4, -0.2) is 48.2 Å². The molecule has 0 unspecified atom stereocenters. The van der Waals surface area contributed by atoms with E-state index in [1.807, 2.05) is 45.2 Å². The van der Waals surface area contributed by atoms with Crippen molar-refractivity contribution >= 4 is 17.7 Å². The van der Waals surface area contributed by atoms with Crippen LogP contribution in [0.2, 0.25) is 5.02 Å². The Balaban J connectivity index is 1.72. The van der Waals surface area contributed by atoms with Crippen LogP contribution < -0.4 is 4.74 Å². The van der Waals surface area contributed by atoms with Gasteiger partial charge in [0.1, 0.15) is 24.0 Å². The molecule has 0 spiro atoms. The van der Waals surface area contributed by atoms with Crippen molar-refractivity contribution in [3.8, 4) is 5.75 Å². The second kappa shape index (κ2) is 11.0. The lowest BCUT2D eigenvalue weighted by Gasteiger charge is -2.36. The van der Waals surface area contributed by atoms with Crippen LogP contribution in [0, 0.1) is 11.6 Å². The standard InChI is InChI=1S/C24H29ClF2N2O3/c1-16(2)32-20-6-4-17(5-7-20)15-31-24(30)29(19-8-10-28(3)11-9-19)14-21-22(26)12-18(25)13-23(21)27/h4-7,12-13,16,19H,8-11,14-15H2,1-3H3. The van der Waals surface area contributed by atoms with Crippen molar-refractivity contribution < 1.29 is 23.0 Å². The molecule has 1 saturated heterocycles. The third-order valence-corrected chi connectivity index (χ3v) is 5.67. The number of benzene rings is 2. The maximum Gasteiger partial charge on any atom is 0.410 e. The van der Waals surface area contributed by atoms with Gasteiger partial charge in [-0.15, -0.1) is 0 Å². The summed E-state index contributed by atoms with van der Waals surface area (Å²) in [5.41, 5.74) is 0.599. The molecule has 1 heterocycles. The molecule has 0 aliphatic carbocycles. The summed E-state index contributed by atoms with van der Waals surface area (Å²) >= 11 is 5.74. The average molecular weight is 467 g/mol. The number of hydrogen-bond donors (Lipinski definition) is 0. The molecule has 174 valence electrons. The lowest BCUT2D eigenvalue weighted by Crippen LogP contribution is -2.46. The molecular formula is C24H29ClF2N2O3. The van der Waals surface area contributed by atoms with E-state index in [-0.39, 0.29) is 35.9 Å². The maximum absolute atomic E-state index is 14.4. The Morgan fingerprint density at radius 1 is 1.16 bits per heavy atom. The van der Waals surface area contributed by atoms with Crippen molar-refractivity contribution in [1.29, 1.82) is 0 Å². The van der Waals surface area contributed by atoms with E-state index in [1.54, 1.807) is 0 Å². The van der Waals surface area contributed by atoms with Crippen molar-refractivity contribution in [3.63, 3.8) is 0 Å². The highest BCUT2D eigenvalue weighted by Gasteiger charge is 2.30. The number of halogens is 3. The highest BCUT2D eigenvalue weighted by Crippen LogP contribution is 2.25. The van der Waals surface area contributed by atoms with E-state index in [0.29, 0.717) is 12.8 Å². The quantitative estimate of drug-likeness (QED) is 0.529. The van der Waals surface area contributed by atoms with Gasteiger partial charge in [0.15, 0.2) is 0 Å². The predicted octanol–water partition coefficient (Wildman–Crippen LogP) is 5.64. The fourth-order valence-corrected chi connectivity index (χ4v) is 3.90. The first-order valence-corrected chi connectivity index (χ1v) is 11.1. The summed E-state index contributed by atoms with van der Waals surface area (Å²) in [5.74, 6) is -0.820. The van der Waals surface area contributed by atoms with Crippen LogP contribution in [-0.2, 0) is 17.9 Å². The summed E-state index contributed by atoms with van der Waals surface area (Å²) in [4.78, 5) is 16.6. The third kappa shape index (κ3) is 6.56. The summed E-state index contributed by atoms with van der Waals surface area (Å²) < 4.78 is 40.0. The Morgan fingerprint density at radius 2 is 1.75 bits per heavy atom. The van der Waals surface area contributed by atoms with Gasteiger partial charge in [-0.05, 0) is 76.7 Å². The Bertz CT molecular complexity index is 893. The smallest absolute Gasteiger partial charge is 0.410 e. The number of carbonyl (C=O) groups is 1. The van der Waals surface area contributed by atoms with Gasteiger partial charge in [0.05, 0.1) is 12.6 Å². The predicted molar refractivity (Wildman–Crippen MR) is 120 cm³/mol. The second-order valence-corrected chi connectivity index (χ2v) is 8.81. The lowest BCUT2D eigenvalue weighted by molar-refractivity contribution is 0.0594. The van der Waals surface area contributed by atoms with Crippen LogP contribution in [0.1, 0.15) is 37.8 Å². The molecule has 32 heavy (non-hydrogen) atoms. The third-order valence-electron chi connectivity index (χ3n) is 5.46. The zero-order valence-corrected chi connectivity index (χ0v) is 19.4. The van der Waals surface area contributed by atoms with Gasteiger partial charge in [-0.3, -0.25) is 0 Å². The summed E-state index contributed by atoms with van der Waals surface area (Å²) in [5, 5.41) is -0.0259. The Hall–Kier alpha value is -2.38. The van der Waals surface area contributed by atoms with E-state index in [4.69, 9.17) is 21.1 Å². The van der Waals surface area contributed by atoms with Gasteiger partial charge >= 0.3 is 6.09 Å². The van der Waals surface area contributed by atoms with Gasteiger partial charge in [0, 0.05) is 16.6 Å². The minimum Gasteiger partial charge on any atom is -0.491 e. The van der Waals surface area contributed by atoms with Crippen molar-refractivity contribution in [2.75, 3.05) is 20.1 Å². The molecule has 0 radical (unpaired) electrons. The SMILES string of the molecule is CC(C)Oc1ccc(COC(=O)N(Cc2c(F)cc(Cl)cc2F)C2CCN(C)CC2)cc1. The van der Waals surface area contributed by atoms with E-state index < -0.39 is 17.7 Å². The number of ether oxygens (including phenoxy) is 2. The molecule has 3 rings (SSSR count). The molecular weight excluding hydrogens is 438 g/mol. The molecule has 5 nitrogen and oxygen atoms in total. The van der Waals surface area contributed by atoms with E-state index >= 15 is 0 Å². The van der Waals surface area contributed by atoms with Gasteiger partial charge in [-0.25, -0.2) is 13.6 Å². The Labute approximate surface area is 192 Å². The van der Waals surface area contributed by atoms with Crippen LogP contribution in [0.15, 0.2) is 36.4 Å². The van der Waals surface area contributed by atoms with E-state index in [2.05, 4.69) is 4.90 Å². The Kier molecular flexibility index (Phi) is 8.32. The number of rotatable bonds is 7. The van der Waals surface area contributed by atoms with E-state index in [9.17, 15) is 13.6 Å². The molecule has 0 N–H and O–H groups in total. The van der Waals surface area contributed by atoms with Gasteiger partial charge in [-0.2, -0.15) is 0 Å². The fraction of sp³-hybridized carbons (Fsp3) is 0.458. The van der Waals surface area contributed by atoms with Gasteiger partial charge in [0.2, 0.25) is 0 Å². The largest absolute Gasteiger partial charge is 0.491 e. The van der Waals surface area contributed by atoms with Crippen LogP contribution in [0.5, 0.6) is 5.75 Å². The lowest BCUT2D eigenvalue weighted by atomic mass is 10.0. The first-order chi connectivity index (χ1) is 15.2. The molecule has 2 aromatic rings. The fourth-order valence-electron chi connectivity index (χ4n) is 3.71. The molecule has 1 aliphatic rings. The van der Waals surface area contributed by atoms with Gasteiger partial charge in [0.25, 0.3) is 0 Å². The van der Waals surface area contributed by atoms with Crippen LogP contribution >= 0.6 is 11.6 Å². The average Bonchev–Trinajstić information content (AvgIpc) is 2.73. The summed E-state index contributed by atoms with van der Waals surface area (Å²) in [7, 11) is 2.00. The number of nitrogens with zero attached hydrogens (tertiary/aromatic N) is 2. The molecule has 1 amide bonds. The molecule has 8 heteroatoms. The molecule has 0 atom stereocenters. The monoisotopic (exact) mass is 466 g/mol. The first-order valence-electron chi connectivity index (χ1n) is 10.7. The van der Waals surface area contributed by atoms with Crippen LogP contribution in [0.3, 0.4) is 0 Å². The number of amides is 1. The molecule has 0 saturated carbocycles. The highest BCUT2D eigenvalue weighted by molar-refractivity contribution is 6.30. The van der Waals surface area contributed by atoms with Gasteiger partial charge in [-0.1, -0.05) is 23.7 Å². The normalized spacial score (nSPS) is 15.1. The highest BCUT2D eigenvalue weighted by atomic mass is 35.5. The molecule has 2 aromatic carbocycles. The Morgan fingerprint density at radius 3 is 2.31 bits per heavy atom. The number of piperidine rings is 1. The number of hydrogen-bond acceptors (Lipinski definition) is 4. The maximum atomic E-state index is 14.4. The van der Waals surface area contributed by atoms with Crippen molar-refractivity contribution in [2.45, 2.75) is 52.0 Å². The zero-order valence-electron chi connectivity index (χ0n) is 18.6. The molecule has 1 fully saturated rings.